The van der Waals surface area contributed by atoms with Gasteiger partial charge in [-0.1, -0.05) is 38.1 Å². The van der Waals surface area contributed by atoms with Gasteiger partial charge in [0.1, 0.15) is 55.3 Å². The zero-order valence-corrected chi connectivity index (χ0v) is 37.1. The Labute approximate surface area is 377 Å². The highest BCUT2D eigenvalue weighted by Crippen LogP contribution is 2.52. The number of urea groups is 1. The van der Waals surface area contributed by atoms with Gasteiger partial charge >= 0.3 is 24.2 Å². The van der Waals surface area contributed by atoms with E-state index in [0.29, 0.717) is 29.0 Å². The van der Waals surface area contributed by atoms with E-state index in [0.717, 1.165) is 32.6 Å². The number of ether oxygens (including phenoxy) is 5. The lowest BCUT2D eigenvalue weighted by Crippen LogP contribution is -2.60. The molecule has 6 amide bonds. The van der Waals surface area contributed by atoms with Gasteiger partial charge in [-0.25, -0.2) is 14.4 Å². The number of fused-ring (bicyclic) bond motifs is 1. The molecule has 13 atom stereocenters. The molecule has 1 aliphatic heterocycles. The number of amides is 6. The molecule has 1 saturated heterocycles. The number of benzene rings is 1. The minimum atomic E-state index is -1.77. The van der Waals surface area contributed by atoms with Gasteiger partial charge in [0, 0.05) is 19.2 Å². The Balaban J connectivity index is 1.32. The smallest absolute Gasteiger partial charge is 0.407 e. The van der Waals surface area contributed by atoms with E-state index in [4.69, 9.17) is 29.4 Å². The summed E-state index contributed by atoms with van der Waals surface area (Å²) >= 11 is 0. The van der Waals surface area contributed by atoms with Gasteiger partial charge in [0.05, 0.1) is 25.9 Å². The minimum absolute atomic E-state index is 0.0936. The van der Waals surface area contributed by atoms with Crippen molar-refractivity contribution >= 4 is 41.7 Å². The lowest BCUT2D eigenvalue weighted by Gasteiger charge is -2.40. The van der Waals surface area contributed by atoms with Crippen molar-refractivity contribution in [2.24, 2.45) is 29.4 Å². The second-order valence-corrected chi connectivity index (χ2v) is 16.9. The highest BCUT2D eigenvalue weighted by molar-refractivity contribution is 5.98. The van der Waals surface area contributed by atoms with E-state index in [1.807, 2.05) is 0 Å². The van der Waals surface area contributed by atoms with Gasteiger partial charge in [0.25, 0.3) is 0 Å². The van der Waals surface area contributed by atoms with E-state index in [1.165, 1.54) is 19.1 Å². The average Bonchev–Trinajstić information content (AvgIpc) is 3.91. The highest BCUT2D eigenvalue weighted by atomic mass is 16.7. The largest absolute Gasteiger partial charge is 0.460 e. The van der Waals surface area contributed by atoms with Crippen LogP contribution in [0.4, 0.5) is 20.1 Å². The predicted molar refractivity (Wildman–Crippen MR) is 229 cm³/mol. The molecule has 22 heteroatoms. The van der Waals surface area contributed by atoms with Crippen LogP contribution in [-0.2, 0) is 44.7 Å². The maximum Gasteiger partial charge on any atom is 0.407 e. The molecular formula is C43H66N6O16. The Morgan fingerprint density at radius 3 is 2.11 bits per heavy atom. The maximum absolute atomic E-state index is 13.6. The van der Waals surface area contributed by atoms with Gasteiger partial charge in [-0.3, -0.25) is 14.4 Å². The van der Waals surface area contributed by atoms with Crippen LogP contribution in [0.3, 0.4) is 0 Å². The number of aliphatic hydroxyl groups excluding tert-OH is 5. The minimum Gasteiger partial charge on any atom is -0.460 e. The van der Waals surface area contributed by atoms with E-state index in [2.05, 4.69) is 38.7 Å². The van der Waals surface area contributed by atoms with E-state index >= 15 is 0 Å². The van der Waals surface area contributed by atoms with Crippen LogP contribution >= 0.6 is 0 Å². The number of carbonyl (C=O) groups is 6. The van der Waals surface area contributed by atoms with Crippen LogP contribution in [-0.4, -0.2) is 149 Å². The van der Waals surface area contributed by atoms with Crippen molar-refractivity contribution in [2.45, 2.75) is 134 Å². The SMILES string of the molecule is CC(=O)O[C@H](C)[C@@H](O)[C@H](CO[C@H]1OC(CO)[C@H](O)C(O)C1O)NC(=O)OCc1ccc(NC(=O)[C@H](CCCNC(N)=O)NC(=O)[C@@H](NC(=O)OCC2[C@H]3CC/C=C\CC[C@@H]23)C(C)C)cc1. The van der Waals surface area contributed by atoms with Crippen molar-refractivity contribution in [3.05, 3.63) is 42.0 Å². The zero-order chi connectivity index (χ0) is 47.8. The summed E-state index contributed by atoms with van der Waals surface area (Å²) in [4.78, 5) is 75.8. The number of anilines is 1. The third-order valence-electron chi connectivity index (χ3n) is 11.7. The summed E-state index contributed by atoms with van der Waals surface area (Å²) in [7, 11) is 0. The maximum atomic E-state index is 13.6. The number of rotatable bonds is 22. The van der Waals surface area contributed by atoms with Crippen LogP contribution in [0.15, 0.2) is 36.4 Å². The number of hydrogen-bond acceptors (Lipinski definition) is 16. The fourth-order valence-corrected chi connectivity index (χ4v) is 7.91. The van der Waals surface area contributed by atoms with Gasteiger partial charge in [0.2, 0.25) is 11.8 Å². The molecule has 3 aliphatic rings. The molecule has 0 radical (unpaired) electrons. The first-order valence-corrected chi connectivity index (χ1v) is 21.9. The summed E-state index contributed by atoms with van der Waals surface area (Å²) < 4.78 is 26.8. The molecule has 65 heavy (non-hydrogen) atoms. The second kappa shape index (κ2) is 25.6. The van der Waals surface area contributed by atoms with Crippen molar-refractivity contribution in [3.63, 3.8) is 0 Å². The summed E-state index contributed by atoms with van der Waals surface area (Å²) in [5.41, 5.74) is 5.96. The zero-order valence-electron chi connectivity index (χ0n) is 37.1. The van der Waals surface area contributed by atoms with Crippen molar-refractivity contribution in [3.8, 4) is 0 Å². The van der Waals surface area contributed by atoms with E-state index < -0.39 is 110 Å². The Hall–Kier alpha value is -5.10. The number of nitrogens with two attached hydrogens (primary N) is 1. The molecule has 1 saturated carbocycles. The quantitative estimate of drug-likeness (QED) is 0.0316. The van der Waals surface area contributed by atoms with Gasteiger partial charge in [-0.2, -0.15) is 0 Å². The van der Waals surface area contributed by atoms with Crippen LogP contribution in [0.25, 0.3) is 0 Å². The van der Waals surface area contributed by atoms with Gasteiger partial charge in [-0.15, -0.1) is 0 Å². The number of allylic oxidation sites excluding steroid dienone is 2. The van der Waals surface area contributed by atoms with E-state index in [-0.39, 0.29) is 38.5 Å². The van der Waals surface area contributed by atoms with Gasteiger partial charge in [-0.05, 0) is 86.8 Å². The number of aliphatic hydroxyl groups is 5. The van der Waals surface area contributed by atoms with Crippen molar-refractivity contribution in [2.75, 3.05) is 31.7 Å². The van der Waals surface area contributed by atoms with Crippen molar-refractivity contribution < 1.29 is 78.0 Å². The Morgan fingerprint density at radius 1 is 0.862 bits per heavy atom. The van der Waals surface area contributed by atoms with Crippen molar-refractivity contribution in [1.29, 1.82) is 0 Å². The molecular weight excluding hydrogens is 856 g/mol. The summed E-state index contributed by atoms with van der Waals surface area (Å²) in [5.74, 6) is -0.961. The average molecular weight is 923 g/mol. The summed E-state index contributed by atoms with van der Waals surface area (Å²) in [6, 6.07) is 1.92. The Kier molecular flexibility index (Phi) is 20.7. The lowest BCUT2D eigenvalue weighted by molar-refractivity contribution is -0.303. The topological polar surface area (TPSA) is 336 Å². The van der Waals surface area contributed by atoms with E-state index in [9.17, 15) is 54.3 Å². The van der Waals surface area contributed by atoms with Crippen LogP contribution in [0.2, 0.25) is 0 Å². The number of alkyl carbamates (subject to hydrolysis) is 2. The number of nitrogens with one attached hydrogen (secondary N) is 5. The molecule has 2 fully saturated rings. The standard InChI is InChI=1S/C43H66N6O16/c1-22(2)33(49-43(60)63-20-29-27-10-7-5-6-8-11-28(27)29)39(57)47-30(12-9-17-45-41(44)58)38(56)46-26-15-13-25(14-16-26)19-62-42(59)48-31(34(52)23(3)64-24(4)51)21-61-40-37(55)36(54)35(53)32(18-50)65-40/h5-6,13-16,22-23,27-37,40,50,52-55H,7-12,17-21H2,1-4H3,(H,46,56)(H,47,57)(H,48,59)(H,49,60)(H3,44,45,58)/b6-5-/t23-,27-,28+,29?,30+,31+,32?,33+,34-,35+,36?,37?,40+/m1/s1. The number of primary amides is 1. The molecule has 2 aliphatic carbocycles. The first-order chi connectivity index (χ1) is 30.9. The van der Waals surface area contributed by atoms with Crippen LogP contribution in [0.1, 0.15) is 71.8 Å². The first kappa shape index (κ1) is 52.5. The number of carbonyl (C=O) groups excluding carboxylic acids is 6. The molecule has 364 valence electrons. The van der Waals surface area contributed by atoms with Crippen molar-refractivity contribution in [1.82, 2.24) is 21.3 Å². The molecule has 0 bridgehead atoms. The third kappa shape index (κ3) is 16.4. The normalized spacial score (nSPS) is 26.5. The van der Waals surface area contributed by atoms with Gasteiger partial charge < -0.3 is 81.5 Å². The molecule has 12 N–H and O–H groups in total. The monoisotopic (exact) mass is 922 g/mol. The molecule has 4 unspecified atom stereocenters. The molecule has 1 aromatic carbocycles. The van der Waals surface area contributed by atoms with Crippen LogP contribution < -0.4 is 32.3 Å². The molecule has 4 rings (SSSR count). The molecule has 0 aromatic heterocycles. The second-order valence-electron chi connectivity index (χ2n) is 16.9. The van der Waals surface area contributed by atoms with Crippen LogP contribution in [0.5, 0.6) is 0 Å². The number of esters is 1. The summed E-state index contributed by atoms with van der Waals surface area (Å²) in [5, 5.41) is 63.9. The Morgan fingerprint density at radius 2 is 1.51 bits per heavy atom. The summed E-state index contributed by atoms with van der Waals surface area (Å²) in [6.45, 7) is 4.77. The van der Waals surface area contributed by atoms with Crippen LogP contribution in [0, 0.1) is 23.7 Å². The third-order valence-corrected chi connectivity index (χ3v) is 11.7. The Bertz CT molecular complexity index is 1750. The first-order valence-electron chi connectivity index (χ1n) is 21.9. The predicted octanol–water partition coefficient (Wildman–Crippen LogP) is 0.0254. The van der Waals surface area contributed by atoms with E-state index in [1.54, 1.807) is 26.0 Å². The fraction of sp³-hybridized carbons (Fsp3) is 0.674. The molecule has 1 aromatic rings. The number of hydrogen-bond donors (Lipinski definition) is 11. The molecule has 1 heterocycles. The fourth-order valence-electron chi connectivity index (χ4n) is 7.91. The molecule has 22 nitrogen and oxygen atoms in total. The van der Waals surface area contributed by atoms with Gasteiger partial charge in [0.15, 0.2) is 6.29 Å². The summed E-state index contributed by atoms with van der Waals surface area (Å²) in [6.07, 6.45) is -3.69. The lowest BCUT2D eigenvalue weighted by atomic mass is 9.99. The highest BCUT2D eigenvalue weighted by Gasteiger charge is 2.49. The molecule has 0 spiro atoms.